The number of aromatic nitrogens is 5. The highest BCUT2D eigenvalue weighted by Gasteiger charge is 2.21. The first kappa shape index (κ1) is 20.6. The molecule has 0 aliphatic carbocycles. The molecule has 0 saturated heterocycles. The Morgan fingerprint density at radius 1 is 1.13 bits per heavy atom. The highest BCUT2D eigenvalue weighted by atomic mass is 35.5. The number of benzene rings is 1. The van der Waals surface area contributed by atoms with E-state index in [1.54, 1.807) is 25.4 Å². The number of aryl methyl sites for hydroxylation is 2. The Morgan fingerprint density at radius 3 is 2.50 bits per heavy atom. The molecule has 1 aromatic carbocycles. The Labute approximate surface area is 183 Å². The van der Waals surface area contributed by atoms with Gasteiger partial charge in [-0.05, 0) is 47.2 Å². The average Bonchev–Trinajstić information content (AvgIpc) is 2.99. The molecule has 0 aliphatic rings. The minimum absolute atomic E-state index is 0.0743. The second kappa shape index (κ2) is 7.22. The largest absolute Gasteiger partial charge is 0.354 e. The summed E-state index contributed by atoms with van der Waals surface area (Å²) in [6, 6.07) is 7.34. The molecule has 0 unspecified atom stereocenters. The zero-order valence-electron chi connectivity index (χ0n) is 17.3. The van der Waals surface area contributed by atoms with Crippen LogP contribution in [0.25, 0.3) is 33.7 Å². The molecule has 154 valence electrons. The zero-order chi connectivity index (χ0) is 21.8. The summed E-state index contributed by atoms with van der Waals surface area (Å²) >= 11 is 12.5. The molecule has 6 nitrogen and oxygen atoms in total. The van der Waals surface area contributed by atoms with Gasteiger partial charge in [-0.15, -0.1) is 5.10 Å². The Kier molecular flexibility index (Phi) is 4.95. The molecule has 3 heterocycles. The van der Waals surface area contributed by atoms with Crippen molar-refractivity contribution >= 4 is 34.1 Å². The van der Waals surface area contributed by atoms with Gasteiger partial charge in [0.25, 0.3) is 0 Å². The van der Waals surface area contributed by atoms with Crippen LogP contribution in [0.5, 0.6) is 0 Å². The number of aromatic amines is 1. The Hall–Kier alpha value is -2.70. The van der Waals surface area contributed by atoms with Gasteiger partial charge in [0.2, 0.25) is 5.28 Å². The molecule has 1 N–H and O–H groups in total. The van der Waals surface area contributed by atoms with E-state index in [0.717, 1.165) is 16.7 Å². The number of halogens is 2. The van der Waals surface area contributed by atoms with E-state index >= 15 is 0 Å². The van der Waals surface area contributed by atoms with E-state index in [1.165, 1.54) is 4.68 Å². The number of fused-ring (bicyclic) bond motifs is 1. The van der Waals surface area contributed by atoms with Gasteiger partial charge >= 0.3 is 0 Å². The summed E-state index contributed by atoms with van der Waals surface area (Å²) in [7, 11) is 1.71. The molecule has 0 spiro atoms. The van der Waals surface area contributed by atoms with Gasteiger partial charge in [-0.2, -0.15) is 4.98 Å². The molecule has 0 bridgehead atoms. The number of nitrogens with one attached hydrogen (secondary N) is 1. The van der Waals surface area contributed by atoms with Crippen molar-refractivity contribution in [3.63, 3.8) is 0 Å². The van der Waals surface area contributed by atoms with Crippen LogP contribution in [0.1, 0.15) is 31.9 Å². The lowest BCUT2D eigenvalue weighted by molar-refractivity contribution is 0.590. The van der Waals surface area contributed by atoms with Gasteiger partial charge in [-0.25, -0.2) is 4.68 Å². The second-order valence-corrected chi connectivity index (χ2v) is 9.10. The van der Waals surface area contributed by atoms with Gasteiger partial charge in [-0.3, -0.25) is 9.78 Å². The lowest BCUT2D eigenvalue weighted by Crippen LogP contribution is -2.13. The maximum atomic E-state index is 13.1. The summed E-state index contributed by atoms with van der Waals surface area (Å²) in [5.41, 5.74) is 4.52. The van der Waals surface area contributed by atoms with E-state index in [9.17, 15) is 4.79 Å². The summed E-state index contributed by atoms with van der Waals surface area (Å²) in [6.07, 6.45) is 1.63. The van der Waals surface area contributed by atoms with Crippen LogP contribution in [0.3, 0.4) is 0 Å². The van der Waals surface area contributed by atoms with Crippen LogP contribution in [0.4, 0.5) is 0 Å². The topological polar surface area (TPSA) is 76.5 Å². The fraction of sp³-hybridized carbons (Fsp3) is 0.273. The van der Waals surface area contributed by atoms with Crippen LogP contribution in [-0.2, 0) is 12.5 Å². The van der Waals surface area contributed by atoms with Crippen molar-refractivity contribution in [2.24, 2.45) is 7.05 Å². The molecule has 4 rings (SSSR count). The molecule has 3 aromatic heterocycles. The molecule has 8 heteroatoms. The minimum atomic E-state index is -0.170. The number of H-pyrrole nitrogens is 1. The van der Waals surface area contributed by atoms with E-state index in [-0.39, 0.29) is 16.1 Å². The van der Waals surface area contributed by atoms with Crippen molar-refractivity contribution in [2.75, 3.05) is 0 Å². The van der Waals surface area contributed by atoms with Gasteiger partial charge in [0, 0.05) is 29.9 Å². The number of hydrogen-bond donors (Lipinski definition) is 1. The third-order valence-electron chi connectivity index (χ3n) is 5.10. The molecular weight excluding hydrogens is 421 g/mol. The van der Waals surface area contributed by atoms with Gasteiger partial charge in [-0.1, -0.05) is 38.4 Å². The molecule has 4 aromatic rings. The number of hydrogen-bond acceptors (Lipinski definition) is 4. The lowest BCUT2D eigenvalue weighted by atomic mass is 9.85. The van der Waals surface area contributed by atoms with Crippen molar-refractivity contribution in [3.05, 3.63) is 62.1 Å². The Morgan fingerprint density at radius 2 is 1.87 bits per heavy atom. The van der Waals surface area contributed by atoms with E-state index in [0.29, 0.717) is 33.1 Å². The van der Waals surface area contributed by atoms with E-state index in [2.05, 4.69) is 46.9 Å². The van der Waals surface area contributed by atoms with Crippen LogP contribution >= 0.6 is 23.2 Å². The van der Waals surface area contributed by atoms with Crippen LogP contribution in [0, 0.1) is 6.92 Å². The predicted octanol–water partition coefficient (Wildman–Crippen LogP) is 5.30. The molecule has 0 aliphatic heterocycles. The van der Waals surface area contributed by atoms with Crippen molar-refractivity contribution in [2.45, 2.75) is 33.1 Å². The molecular formula is C22H21Cl2N5O. The zero-order valence-corrected chi connectivity index (χ0v) is 18.9. The standard InChI is InChI=1S/C22H21Cl2N5O/c1-11-8-13(22(2,3)4)14(23)9-12(11)16-10-17(30)18-15(26-16)6-7-25-19(18)20-27-21(24)28-29(20)5/h6-10H,1-5H3,(H,26,30). The van der Waals surface area contributed by atoms with E-state index in [1.807, 2.05) is 13.0 Å². The van der Waals surface area contributed by atoms with Crippen molar-refractivity contribution in [1.82, 2.24) is 24.7 Å². The smallest absolute Gasteiger partial charge is 0.242 e. The summed E-state index contributed by atoms with van der Waals surface area (Å²) in [5, 5.41) is 5.25. The molecule has 0 atom stereocenters. The third kappa shape index (κ3) is 3.50. The van der Waals surface area contributed by atoms with Crippen LogP contribution in [0.15, 0.2) is 35.3 Å². The monoisotopic (exact) mass is 441 g/mol. The number of rotatable bonds is 2. The Balaban J connectivity index is 1.93. The summed E-state index contributed by atoms with van der Waals surface area (Å²) in [5.74, 6) is 0.428. The third-order valence-corrected chi connectivity index (χ3v) is 5.58. The van der Waals surface area contributed by atoms with E-state index < -0.39 is 0 Å². The first-order chi connectivity index (χ1) is 14.1. The quantitative estimate of drug-likeness (QED) is 0.457. The van der Waals surface area contributed by atoms with E-state index in [4.69, 9.17) is 23.2 Å². The van der Waals surface area contributed by atoms with Crippen molar-refractivity contribution in [1.29, 1.82) is 0 Å². The van der Waals surface area contributed by atoms with Crippen molar-refractivity contribution < 1.29 is 0 Å². The van der Waals surface area contributed by atoms with Crippen molar-refractivity contribution in [3.8, 4) is 22.8 Å². The minimum Gasteiger partial charge on any atom is -0.354 e. The number of nitrogens with zero attached hydrogens (tertiary/aromatic N) is 4. The lowest BCUT2D eigenvalue weighted by Gasteiger charge is -2.22. The summed E-state index contributed by atoms with van der Waals surface area (Å²) in [4.78, 5) is 25.0. The summed E-state index contributed by atoms with van der Waals surface area (Å²) < 4.78 is 1.51. The van der Waals surface area contributed by atoms with Crippen LogP contribution in [0.2, 0.25) is 10.3 Å². The highest BCUT2D eigenvalue weighted by Crippen LogP contribution is 2.35. The fourth-order valence-corrected chi connectivity index (χ4v) is 4.26. The highest BCUT2D eigenvalue weighted by molar-refractivity contribution is 6.31. The Bertz CT molecular complexity index is 1350. The second-order valence-electron chi connectivity index (χ2n) is 8.35. The normalized spacial score (nSPS) is 12.0. The fourth-order valence-electron chi connectivity index (χ4n) is 3.62. The van der Waals surface area contributed by atoms with Gasteiger partial charge < -0.3 is 4.98 Å². The summed E-state index contributed by atoms with van der Waals surface area (Å²) in [6.45, 7) is 8.39. The predicted molar refractivity (Wildman–Crippen MR) is 121 cm³/mol. The molecule has 0 fully saturated rings. The SMILES string of the molecule is Cc1cc(C(C)(C)C)c(Cl)cc1-c1cc(=O)c2c(-c3nc(Cl)nn3C)nccc2[nH]1. The molecule has 30 heavy (non-hydrogen) atoms. The van der Waals surface area contributed by atoms with Crippen LogP contribution < -0.4 is 5.43 Å². The maximum absolute atomic E-state index is 13.1. The molecule has 0 radical (unpaired) electrons. The van der Waals surface area contributed by atoms with Gasteiger partial charge in [0.1, 0.15) is 5.69 Å². The van der Waals surface area contributed by atoms with Gasteiger partial charge in [0.05, 0.1) is 16.6 Å². The average molecular weight is 442 g/mol. The van der Waals surface area contributed by atoms with Crippen LogP contribution in [-0.4, -0.2) is 24.7 Å². The molecule has 0 saturated carbocycles. The maximum Gasteiger partial charge on any atom is 0.242 e. The first-order valence-electron chi connectivity index (χ1n) is 9.46. The number of pyridine rings is 2. The van der Waals surface area contributed by atoms with Gasteiger partial charge in [0.15, 0.2) is 11.3 Å². The first-order valence-corrected chi connectivity index (χ1v) is 10.2. The molecule has 0 amide bonds.